The highest BCUT2D eigenvalue weighted by atomic mass is 32.2. The van der Waals surface area contributed by atoms with Crippen LogP contribution >= 0.6 is 0 Å². The van der Waals surface area contributed by atoms with Crippen molar-refractivity contribution in [3.8, 4) is 0 Å². The number of sulfonamides is 1. The summed E-state index contributed by atoms with van der Waals surface area (Å²) in [7, 11) is -1.92. The van der Waals surface area contributed by atoms with E-state index in [4.69, 9.17) is 5.73 Å². The Hall–Kier alpha value is -1.96. The first-order chi connectivity index (χ1) is 11.4. The van der Waals surface area contributed by atoms with Crippen molar-refractivity contribution in [2.24, 2.45) is 0 Å². The molecule has 2 rings (SSSR count). The van der Waals surface area contributed by atoms with Crippen LogP contribution in [0.2, 0.25) is 0 Å². The third-order valence-electron chi connectivity index (χ3n) is 3.55. The molecular weight excluding hydrogens is 329 g/mol. The molecule has 0 saturated heterocycles. The number of rotatable bonds is 8. The zero-order chi connectivity index (χ0) is 17.6. The van der Waals surface area contributed by atoms with Crippen LogP contribution in [0.5, 0.6) is 0 Å². The first kappa shape index (κ1) is 18.4. The van der Waals surface area contributed by atoms with E-state index < -0.39 is 20.7 Å². The highest BCUT2D eigenvalue weighted by Gasteiger charge is 2.18. The molecule has 0 unspecified atom stereocenters. The fraction of sp³-hybridized carbons (Fsp3) is 0.294. The smallest absolute Gasteiger partial charge is 0.243 e. The highest BCUT2D eigenvalue weighted by Crippen LogP contribution is 2.17. The van der Waals surface area contributed by atoms with Gasteiger partial charge in [-0.05, 0) is 43.8 Å². The minimum absolute atomic E-state index is 0.208. The predicted molar refractivity (Wildman–Crippen MR) is 93.4 cm³/mol. The fourth-order valence-electron chi connectivity index (χ4n) is 2.33. The third kappa shape index (κ3) is 5.30. The van der Waals surface area contributed by atoms with Crippen LogP contribution in [0.25, 0.3) is 0 Å². The summed E-state index contributed by atoms with van der Waals surface area (Å²) in [6.07, 6.45) is 0.618. The van der Waals surface area contributed by atoms with Gasteiger partial charge in [-0.1, -0.05) is 30.3 Å². The lowest BCUT2D eigenvalue weighted by molar-refractivity contribution is 0.322. The van der Waals surface area contributed by atoms with E-state index in [1.54, 1.807) is 0 Å². The molecule has 7 heteroatoms. The van der Waals surface area contributed by atoms with Gasteiger partial charge in [-0.25, -0.2) is 17.5 Å². The Labute approximate surface area is 142 Å². The first-order valence-electron chi connectivity index (χ1n) is 7.65. The van der Waals surface area contributed by atoms with Gasteiger partial charge in [0.2, 0.25) is 10.0 Å². The number of nitrogens with zero attached hydrogens (tertiary/aromatic N) is 1. The van der Waals surface area contributed by atoms with E-state index in [-0.39, 0.29) is 12.2 Å². The molecule has 2 aromatic rings. The number of hydrogen-bond donors (Lipinski definition) is 2. The standard InChI is InChI=1S/C17H22FN3O2S/c1-21(13-14-6-3-2-4-7-14)11-5-10-20-24(22,23)17-12-15(19)8-9-16(17)18/h2-4,6-9,12,20H,5,10-11,13,19H2,1H3. The second-order valence-corrected chi connectivity index (χ2v) is 7.40. The molecule has 0 fully saturated rings. The number of hydrogen-bond acceptors (Lipinski definition) is 4. The maximum atomic E-state index is 13.7. The molecule has 0 radical (unpaired) electrons. The van der Waals surface area contributed by atoms with Crippen LogP contribution < -0.4 is 10.5 Å². The molecule has 0 aliphatic heterocycles. The first-order valence-corrected chi connectivity index (χ1v) is 9.14. The minimum atomic E-state index is -3.89. The number of benzene rings is 2. The number of nitrogens with two attached hydrogens (primary N) is 1. The van der Waals surface area contributed by atoms with Gasteiger partial charge in [-0.15, -0.1) is 0 Å². The Morgan fingerprint density at radius 3 is 2.58 bits per heavy atom. The highest BCUT2D eigenvalue weighted by molar-refractivity contribution is 7.89. The SMILES string of the molecule is CN(CCCNS(=O)(=O)c1cc(N)ccc1F)Cc1ccccc1. The van der Waals surface area contributed by atoms with Gasteiger partial charge in [-0.3, -0.25) is 0 Å². The number of nitrogen functional groups attached to an aromatic ring is 1. The number of nitrogens with one attached hydrogen (secondary N) is 1. The Morgan fingerprint density at radius 2 is 1.88 bits per heavy atom. The zero-order valence-corrected chi connectivity index (χ0v) is 14.4. The minimum Gasteiger partial charge on any atom is -0.399 e. The van der Waals surface area contributed by atoms with Crippen LogP contribution in [0.3, 0.4) is 0 Å². The van der Waals surface area contributed by atoms with Crippen molar-refractivity contribution in [3.05, 3.63) is 59.9 Å². The van der Waals surface area contributed by atoms with Gasteiger partial charge in [0.05, 0.1) is 0 Å². The summed E-state index contributed by atoms with van der Waals surface area (Å²) in [5.41, 5.74) is 6.93. The van der Waals surface area contributed by atoms with Crippen LogP contribution in [0.4, 0.5) is 10.1 Å². The number of halogens is 1. The lowest BCUT2D eigenvalue weighted by Gasteiger charge is -2.16. The second-order valence-electron chi connectivity index (χ2n) is 5.66. The van der Waals surface area contributed by atoms with E-state index >= 15 is 0 Å². The normalized spacial score (nSPS) is 11.8. The summed E-state index contributed by atoms with van der Waals surface area (Å²) in [5, 5.41) is 0. The molecule has 3 N–H and O–H groups in total. The van der Waals surface area contributed by atoms with E-state index in [1.807, 2.05) is 37.4 Å². The van der Waals surface area contributed by atoms with Gasteiger partial charge in [0.25, 0.3) is 0 Å². The van der Waals surface area contributed by atoms with Gasteiger partial charge in [0.1, 0.15) is 10.7 Å². The van der Waals surface area contributed by atoms with Crippen molar-refractivity contribution in [2.75, 3.05) is 25.9 Å². The van der Waals surface area contributed by atoms with Crippen molar-refractivity contribution >= 4 is 15.7 Å². The molecule has 0 heterocycles. The quantitative estimate of drug-likeness (QED) is 0.565. The lowest BCUT2D eigenvalue weighted by Crippen LogP contribution is -2.28. The lowest BCUT2D eigenvalue weighted by atomic mass is 10.2. The summed E-state index contributed by atoms with van der Waals surface area (Å²) in [5.74, 6) is -0.808. The van der Waals surface area contributed by atoms with Crippen LogP contribution in [0.15, 0.2) is 53.4 Å². The monoisotopic (exact) mass is 351 g/mol. The Bertz CT molecular complexity index is 767. The summed E-state index contributed by atoms with van der Waals surface area (Å²) in [6, 6.07) is 13.5. The van der Waals surface area contributed by atoms with E-state index in [1.165, 1.54) is 11.6 Å². The van der Waals surface area contributed by atoms with E-state index in [9.17, 15) is 12.8 Å². The fourth-order valence-corrected chi connectivity index (χ4v) is 3.52. The van der Waals surface area contributed by atoms with Gasteiger partial charge in [0, 0.05) is 18.8 Å². The van der Waals surface area contributed by atoms with E-state index in [2.05, 4.69) is 9.62 Å². The molecule has 0 aliphatic rings. The largest absolute Gasteiger partial charge is 0.399 e. The van der Waals surface area contributed by atoms with Gasteiger partial charge >= 0.3 is 0 Å². The van der Waals surface area contributed by atoms with Gasteiger partial charge in [0.15, 0.2) is 0 Å². The van der Waals surface area contributed by atoms with Crippen molar-refractivity contribution < 1.29 is 12.8 Å². The summed E-state index contributed by atoms with van der Waals surface area (Å²) in [6.45, 7) is 1.74. The van der Waals surface area contributed by atoms with Crippen molar-refractivity contribution in [1.82, 2.24) is 9.62 Å². The van der Waals surface area contributed by atoms with Crippen LogP contribution in [0.1, 0.15) is 12.0 Å². The van der Waals surface area contributed by atoms with E-state index in [0.717, 1.165) is 25.2 Å². The molecule has 0 amide bonds. The van der Waals surface area contributed by atoms with Crippen LogP contribution in [-0.2, 0) is 16.6 Å². The molecule has 0 atom stereocenters. The maximum absolute atomic E-state index is 13.7. The summed E-state index contributed by atoms with van der Waals surface area (Å²) >= 11 is 0. The second kappa shape index (κ2) is 8.23. The van der Waals surface area contributed by atoms with E-state index in [0.29, 0.717) is 6.42 Å². The molecule has 0 aliphatic carbocycles. The molecule has 24 heavy (non-hydrogen) atoms. The van der Waals surface area contributed by atoms with Crippen molar-refractivity contribution in [1.29, 1.82) is 0 Å². The Morgan fingerprint density at radius 1 is 1.17 bits per heavy atom. The average Bonchev–Trinajstić information content (AvgIpc) is 2.55. The molecule has 0 spiro atoms. The average molecular weight is 351 g/mol. The Kier molecular flexibility index (Phi) is 6.30. The summed E-state index contributed by atoms with van der Waals surface area (Å²) in [4.78, 5) is 1.69. The molecule has 2 aromatic carbocycles. The topological polar surface area (TPSA) is 75.4 Å². The molecule has 130 valence electrons. The predicted octanol–water partition coefficient (Wildman–Crippen LogP) is 2.21. The molecule has 5 nitrogen and oxygen atoms in total. The van der Waals surface area contributed by atoms with Crippen LogP contribution in [0, 0.1) is 5.82 Å². The van der Waals surface area contributed by atoms with Crippen LogP contribution in [-0.4, -0.2) is 33.5 Å². The zero-order valence-electron chi connectivity index (χ0n) is 13.6. The number of anilines is 1. The molecule has 0 aromatic heterocycles. The van der Waals surface area contributed by atoms with Crippen molar-refractivity contribution in [3.63, 3.8) is 0 Å². The molecular formula is C17H22FN3O2S. The third-order valence-corrected chi connectivity index (χ3v) is 5.02. The van der Waals surface area contributed by atoms with Crippen molar-refractivity contribution in [2.45, 2.75) is 17.9 Å². The molecule has 0 bridgehead atoms. The molecule has 0 saturated carbocycles. The van der Waals surface area contributed by atoms with Gasteiger partial charge < -0.3 is 10.6 Å². The van der Waals surface area contributed by atoms with Gasteiger partial charge in [-0.2, -0.15) is 0 Å². The Balaban J connectivity index is 1.82. The maximum Gasteiger partial charge on any atom is 0.243 e. The summed E-state index contributed by atoms with van der Waals surface area (Å²) < 4.78 is 40.3.